The quantitative estimate of drug-likeness (QED) is 0.252. The zero-order valence-corrected chi connectivity index (χ0v) is 24.1. The smallest absolute Gasteiger partial charge is 0.264 e. The van der Waals surface area contributed by atoms with Gasteiger partial charge in [-0.2, -0.15) is 0 Å². The summed E-state index contributed by atoms with van der Waals surface area (Å²) in [6.07, 6.45) is 3.23. The molecule has 4 aromatic rings. The first-order valence-electron chi connectivity index (χ1n) is 12.4. The molecule has 0 fully saturated rings. The highest BCUT2D eigenvalue weighted by Gasteiger charge is 2.29. The van der Waals surface area contributed by atoms with Crippen molar-refractivity contribution in [3.05, 3.63) is 107 Å². The Labute approximate surface area is 247 Å². The summed E-state index contributed by atoms with van der Waals surface area (Å²) in [5.74, 6) is -1.56. The van der Waals surface area contributed by atoms with Gasteiger partial charge in [0.1, 0.15) is 12.4 Å². The molecule has 0 aliphatic heterocycles. The number of benzene rings is 3. The first-order chi connectivity index (χ1) is 20.1. The molecule has 3 aromatic carbocycles. The molecule has 0 atom stereocenters. The molecule has 0 saturated carbocycles. The van der Waals surface area contributed by atoms with Gasteiger partial charge in [0.05, 0.1) is 41.1 Å². The Balaban J connectivity index is 1.62. The van der Waals surface area contributed by atoms with E-state index in [2.05, 4.69) is 15.6 Å². The standard InChI is InChI=1S/C29H26ClFN4O6S/c1-40-26-12-10-21(15-27(26)41-2)42(38,39)35(20-9-11-24(31)23(30)14-20)18-28(36)34-25-8-4-3-7-22(25)29(37)33-17-19-6-5-13-32-16-19/h3-16H,17-18H2,1-2H3,(H,33,37)(H,34,36). The van der Waals surface area contributed by atoms with Crippen LogP contribution in [-0.2, 0) is 21.4 Å². The highest BCUT2D eigenvalue weighted by atomic mass is 35.5. The van der Waals surface area contributed by atoms with Crippen molar-refractivity contribution in [2.75, 3.05) is 30.4 Å². The van der Waals surface area contributed by atoms with Crippen LogP contribution in [0.2, 0.25) is 5.02 Å². The number of methoxy groups -OCH3 is 2. The number of para-hydroxylation sites is 1. The van der Waals surface area contributed by atoms with Crippen molar-refractivity contribution in [1.29, 1.82) is 0 Å². The highest BCUT2D eigenvalue weighted by Crippen LogP contribution is 2.33. The summed E-state index contributed by atoms with van der Waals surface area (Å²) < 4.78 is 52.8. The maximum Gasteiger partial charge on any atom is 0.264 e. The SMILES string of the molecule is COc1ccc(S(=O)(=O)N(CC(=O)Nc2ccccc2C(=O)NCc2cccnc2)c2ccc(F)c(Cl)c2)cc1OC. The fourth-order valence-electron chi connectivity index (χ4n) is 3.95. The maximum atomic E-state index is 14.0. The predicted molar refractivity (Wildman–Crippen MR) is 156 cm³/mol. The average Bonchev–Trinajstić information content (AvgIpc) is 3.00. The van der Waals surface area contributed by atoms with E-state index in [-0.39, 0.29) is 39.2 Å². The Morgan fingerprint density at radius 1 is 0.976 bits per heavy atom. The van der Waals surface area contributed by atoms with Gasteiger partial charge in [-0.25, -0.2) is 12.8 Å². The zero-order valence-electron chi connectivity index (χ0n) is 22.5. The lowest BCUT2D eigenvalue weighted by molar-refractivity contribution is -0.114. The van der Waals surface area contributed by atoms with E-state index in [4.69, 9.17) is 21.1 Å². The van der Waals surface area contributed by atoms with Crippen LogP contribution in [0.25, 0.3) is 0 Å². The molecule has 218 valence electrons. The van der Waals surface area contributed by atoms with Gasteiger partial charge in [-0.15, -0.1) is 0 Å². The molecule has 0 bridgehead atoms. The summed E-state index contributed by atoms with van der Waals surface area (Å²) in [4.78, 5) is 30.0. The van der Waals surface area contributed by atoms with Crippen molar-refractivity contribution < 1.29 is 31.9 Å². The summed E-state index contributed by atoms with van der Waals surface area (Å²) >= 11 is 5.96. The molecular weight excluding hydrogens is 587 g/mol. The third kappa shape index (κ3) is 6.96. The number of nitrogens with one attached hydrogen (secondary N) is 2. The van der Waals surface area contributed by atoms with Crippen molar-refractivity contribution in [1.82, 2.24) is 10.3 Å². The van der Waals surface area contributed by atoms with Crippen LogP contribution in [-0.4, -0.2) is 46.0 Å². The molecule has 10 nitrogen and oxygen atoms in total. The number of sulfonamides is 1. The van der Waals surface area contributed by atoms with Crippen molar-refractivity contribution in [3.8, 4) is 11.5 Å². The number of ether oxygens (including phenoxy) is 2. The molecule has 42 heavy (non-hydrogen) atoms. The summed E-state index contributed by atoms with van der Waals surface area (Å²) in [6.45, 7) is -0.526. The van der Waals surface area contributed by atoms with Crippen LogP contribution in [0.5, 0.6) is 11.5 Å². The van der Waals surface area contributed by atoms with E-state index < -0.39 is 34.2 Å². The van der Waals surface area contributed by atoms with E-state index in [9.17, 15) is 22.4 Å². The van der Waals surface area contributed by atoms with E-state index in [1.165, 1.54) is 50.6 Å². The van der Waals surface area contributed by atoms with Crippen molar-refractivity contribution in [2.45, 2.75) is 11.4 Å². The largest absolute Gasteiger partial charge is 0.493 e. The third-order valence-electron chi connectivity index (χ3n) is 6.04. The summed E-state index contributed by atoms with van der Waals surface area (Å²) in [5, 5.41) is 5.04. The van der Waals surface area contributed by atoms with Crippen LogP contribution in [0.15, 0.2) is 90.1 Å². The second-order valence-electron chi connectivity index (χ2n) is 8.76. The topological polar surface area (TPSA) is 127 Å². The van der Waals surface area contributed by atoms with Gasteiger partial charge in [0.25, 0.3) is 15.9 Å². The van der Waals surface area contributed by atoms with Gasteiger partial charge in [0.15, 0.2) is 11.5 Å². The van der Waals surface area contributed by atoms with Crippen LogP contribution in [0.4, 0.5) is 15.8 Å². The molecule has 4 rings (SSSR count). The second kappa shape index (κ2) is 13.3. The van der Waals surface area contributed by atoms with Gasteiger partial charge in [0, 0.05) is 25.0 Å². The number of amides is 2. The minimum atomic E-state index is -4.42. The minimum absolute atomic E-state index is 0.0613. The number of halogens is 2. The van der Waals surface area contributed by atoms with Crippen LogP contribution >= 0.6 is 11.6 Å². The monoisotopic (exact) mass is 612 g/mol. The number of carbonyl (C=O) groups excluding carboxylic acids is 2. The van der Waals surface area contributed by atoms with E-state index in [0.29, 0.717) is 5.75 Å². The van der Waals surface area contributed by atoms with E-state index >= 15 is 0 Å². The maximum absolute atomic E-state index is 14.0. The van der Waals surface area contributed by atoms with Crippen LogP contribution in [0.1, 0.15) is 15.9 Å². The molecule has 0 aliphatic carbocycles. The lowest BCUT2D eigenvalue weighted by Gasteiger charge is -2.25. The second-order valence-corrected chi connectivity index (χ2v) is 11.0. The van der Waals surface area contributed by atoms with Gasteiger partial charge in [-0.05, 0) is 54.1 Å². The first kappa shape index (κ1) is 30.3. The van der Waals surface area contributed by atoms with E-state index in [1.807, 2.05) is 0 Å². The molecule has 1 heterocycles. The van der Waals surface area contributed by atoms with Crippen molar-refractivity contribution in [2.24, 2.45) is 0 Å². The molecular formula is C29H26ClFN4O6S. The molecule has 0 unspecified atom stereocenters. The van der Waals surface area contributed by atoms with Gasteiger partial charge in [-0.3, -0.25) is 18.9 Å². The van der Waals surface area contributed by atoms with E-state index in [1.54, 1.807) is 36.7 Å². The Hall–Kier alpha value is -4.68. The summed E-state index contributed by atoms with van der Waals surface area (Å²) in [7, 11) is -1.67. The molecule has 2 amide bonds. The van der Waals surface area contributed by atoms with Gasteiger partial charge >= 0.3 is 0 Å². The number of hydrogen-bond donors (Lipinski definition) is 2. The molecule has 0 radical (unpaired) electrons. The molecule has 0 saturated heterocycles. The lowest BCUT2D eigenvalue weighted by atomic mass is 10.1. The Bertz CT molecular complexity index is 1710. The number of aromatic nitrogens is 1. The molecule has 2 N–H and O–H groups in total. The Kier molecular flexibility index (Phi) is 9.60. The van der Waals surface area contributed by atoms with Gasteiger partial charge in [-0.1, -0.05) is 29.8 Å². The lowest BCUT2D eigenvalue weighted by Crippen LogP contribution is -2.38. The Morgan fingerprint density at radius 2 is 1.74 bits per heavy atom. The number of pyridine rings is 1. The summed E-state index contributed by atoms with van der Waals surface area (Å²) in [6, 6.07) is 17.0. The fourth-order valence-corrected chi connectivity index (χ4v) is 5.55. The van der Waals surface area contributed by atoms with Crippen LogP contribution in [0, 0.1) is 5.82 Å². The highest BCUT2D eigenvalue weighted by molar-refractivity contribution is 7.92. The number of anilines is 2. The zero-order chi connectivity index (χ0) is 30.3. The molecule has 1 aromatic heterocycles. The van der Waals surface area contributed by atoms with E-state index in [0.717, 1.165) is 22.0 Å². The number of carbonyl (C=O) groups is 2. The van der Waals surface area contributed by atoms with Crippen LogP contribution in [0.3, 0.4) is 0 Å². The fraction of sp³-hybridized carbons (Fsp3) is 0.138. The van der Waals surface area contributed by atoms with Crippen molar-refractivity contribution >= 4 is 44.8 Å². The minimum Gasteiger partial charge on any atom is -0.493 e. The number of rotatable bonds is 11. The Morgan fingerprint density at radius 3 is 2.43 bits per heavy atom. The average molecular weight is 613 g/mol. The predicted octanol–water partition coefficient (Wildman–Crippen LogP) is 4.66. The van der Waals surface area contributed by atoms with Crippen molar-refractivity contribution in [3.63, 3.8) is 0 Å². The molecule has 13 heteroatoms. The number of nitrogens with zero attached hydrogens (tertiary/aromatic N) is 2. The van der Waals surface area contributed by atoms with Gasteiger partial charge in [0.2, 0.25) is 5.91 Å². The number of hydrogen-bond acceptors (Lipinski definition) is 7. The summed E-state index contributed by atoms with van der Waals surface area (Å²) in [5.41, 5.74) is 1.04. The van der Waals surface area contributed by atoms with Crippen LogP contribution < -0.4 is 24.4 Å². The first-order valence-corrected chi connectivity index (χ1v) is 14.2. The van der Waals surface area contributed by atoms with Gasteiger partial charge < -0.3 is 20.1 Å². The third-order valence-corrected chi connectivity index (χ3v) is 8.10. The molecule has 0 aliphatic rings. The molecule has 0 spiro atoms. The normalized spacial score (nSPS) is 11.0.